The lowest BCUT2D eigenvalue weighted by molar-refractivity contribution is -0.132. The lowest BCUT2D eigenvalue weighted by atomic mass is 10.1. The van der Waals surface area contributed by atoms with Crippen molar-refractivity contribution in [1.82, 2.24) is 9.80 Å². The van der Waals surface area contributed by atoms with E-state index in [1.54, 1.807) is 4.90 Å². The van der Waals surface area contributed by atoms with Gasteiger partial charge in [-0.3, -0.25) is 9.59 Å². The van der Waals surface area contributed by atoms with Crippen molar-refractivity contribution >= 4 is 11.8 Å². The molecule has 2 aromatic rings. The zero-order chi connectivity index (χ0) is 17.6. The standard InChI is InChI=1S/C21H24N2O2/c1-2-3-13-22(14-17-9-5-4-6-10-17)20(24)16-23-15-18-11-7-8-12-19(18)21(23)25/h4-12H,2-3,13-16H2,1H3. The Morgan fingerprint density at radius 2 is 1.80 bits per heavy atom. The van der Waals surface area contributed by atoms with Crippen LogP contribution in [0.1, 0.15) is 41.3 Å². The predicted molar refractivity (Wildman–Crippen MR) is 97.9 cm³/mol. The van der Waals surface area contributed by atoms with Crippen LogP contribution in [0.4, 0.5) is 0 Å². The van der Waals surface area contributed by atoms with E-state index < -0.39 is 0 Å². The summed E-state index contributed by atoms with van der Waals surface area (Å²) >= 11 is 0. The van der Waals surface area contributed by atoms with Crippen LogP contribution in [0.5, 0.6) is 0 Å². The van der Waals surface area contributed by atoms with Crippen molar-refractivity contribution in [3.8, 4) is 0 Å². The van der Waals surface area contributed by atoms with E-state index in [9.17, 15) is 9.59 Å². The van der Waals surface area contributed by atoms with E-state index in [1.807, 2.05) is 59.5 Å². The molecule has 1 aliphatic rings. The van der Waals surface area contributed by atoms with E-state index in [4.69, 9.17) is 0 Å². The summed E-state index contributed by atoms with van der Waals surface area (Å²) in [5.74, 6) is -0.0300. The van der Waals surface area contributed by atoms with Crippen molar-refractivity contribution in [1.29, 1.82) is 0 Å². The third kappa shape index (κ3) is 4.08. The van der Waals surface area contributed by atoms with E-state index in [-0.39, 0.29) is 18.4 Å². The Morgan fingerprint density at radius 3 is 2.52 bits per heavy atom. The predicted octanol–water partition coefficient (Wildman–Crippen LogP) is 3.47. The van der Waals surface area contributed by atoms with E-state index in [0.717, 1.165) is 36.1 Å². The molecule has 0 aromatic heterocycles. The van der Waals surface area contributed by atoms with Gasteiger partial charge in [0.15, 0.2) is 0 Å². The number of carbonyl (C=O) groups is 2. The lowest BCUT2D eigenvalue weighted by Crippen LogP contribution is -2.40. The number of hydrogen-bond acceptors (Lipinski definition) is 2. The maximum atomic E-state index is 12.8. The molecular weight excluding hydrogens is 312 g/mol. The fraction of sp³-hybridized carbons (Fsp3) is 0.333. The van der Waals surface area contributed by atoms with Crippen LogP contribution in [0.25, 0.3) is 0 Å². The highest BCUT2D eigenvalue weighted by Crippen LogP contribution is 2.22. The second-order valence-electron chi connectivity index (χ2n) is 6.47. The average molecular weight is 336 g/mol. The molecule has 0 bridgehead atoms. The van der Waals surface area contributed by atoms with Gasteiger partial charge in [0, 0.05) is 25.2 Å². The van der Waals surface area contributed by atoms with Gasteiger partial charge in [0.05, 0.1) is 0 Å². The van der Waals surface area contributed by atoms with Crippen molar-refractivity contribution in [3.05, 3.63) is 71.3 Å². The molecule has 4 heteroatoms. The fourth-order valence-electron chi connectivity index (χ4n) is 3.15. The van der Waals surface area contributed by atoms with E-state index in [1.165, 1.54) is 0 Å². The molecule has 25 heavy (non-hydrogen) atoms. The van der Waals surface area contributed by atoms with Gasteiger partial charge in [0.25, 0.3) is 5.91 Å². The Balaban J connectivity index is 1.67. The summed E-state index contributed by atoms with van der Waals surface area (Å²) in [6.45, 7) is 4.09. The molecule has 4 nitrogen and oxygen atoms in total. The van der Waals surface area contributed by atoms with Crippen LogP contribution < -0.4 is 0 Å². The molecule has 2 aromatic carbocycles. The number of benzene rings is 2. The van der Waals surface area contributed by atoms with Crippen LogP contribution in [0.3, 0.4) is 0 Å². The Bertz CT molecular complexity index is 743. The van der Waals surface area contributed by atoms with Crippen LogP contribution >= 0.6 is 0 Å². The molecule has 1 aliphatic heterocycles. The van der Waals surface area contributed by atoms with Crippen molar-refractivity contribution in [2.24, 2.45) is 0 Å². The molecular formula is C21H24N2O2. The zero-order valence-electron chi connectivity index (χ0n) is 14.6. The van der Waals surface area contributed by atoms with Crippen LogP contribution in [0, 0.1) is 0 Å². The summed E-state index contributed by atoms with van der Waals surface area (Å²) in [6, 6.07) is 17.6. The quantitative estimate of drug-likeness (QED) is 0.777. The minimum absolute atomic E-state index is 0.0125. The number of rotatable bonds is 7. The van der Waals surface area contributed by atoms with Gasteiger partial charge in [-0.05, 0) is 23.6 Å². The van der Waals surface area contributed by atoms with Gasteiger partial charge < -0.3 is 9.80 Å². The molecule has 0 saturated carbocycles. The Labute approximate surface area is 149 Å². The smallest absolute Gasteiger partial charge is 0.254 e. The topological polar surface area (TPSA) is 40.6 Å². The summed E-state index contributed by atoms with van der Waals surface area (Å²) in [6.07, 6.45) is 2.00. The third-order valence-corrected chi connectivity index (χ3v) is 4.57. The van der Waals surface area contributed by atoms with Gasteiger partial charge in [0.1, 0.15) is 6.54 Å². The largest absolute Gasteiger partial charge is 0.337 e. The molecule has 1 heterocycles. The third-order valence-electron chi connectivity index (χ3n) is 4.57. The highest BCUT2D eigenvalue weighted by molar-refractivity contribution is 6.00. The molecule has 0 fully saturated rings. The van der Waals surface area contributed by atoms with Gasteiger partial charge in [0.2, 0.25) is 5.91 Å². The molecule has 130 valence electrons. The average Bonchev–Trinajstić information content (AvgIpc) is 2.95. The number of amides is 2. The lowest BCUT2D eigenvalue weighted by Gasteiger charge is -2.25. The maximum Gasteiger partial charge on any atom is 0.254 e. The molecule has 0 N–H and O–H groups in total. The molecule has 0 unspecified atom stereocenters. The normalized spacial score (nSPS) is 13.0. The molecule has 0 aliphatic carbocycles. The molecule has 0 radical (unpaired) electrons. The highest BCUT2D eigenvalue weighted by atomic mass is 16.2. The van der Waals surface area contributed by atoms with Gasteiger partial charge in [-0.25, -0.2) is 0 Å². The summed E-state index contributed by atoms with van der Waals surface area (Å²) in [4.78, 5) is 28.8. The summed E-state index contributed by atoms with van der Waals surface area (Å²) in [7, 11) is 0. The van der Waals surface area contributed by atoms with Gasteiger partial charge >= 0.3 is 0 Å². The number of hydrogen-bond donors (Lipinski definition) is 0. The summed E-state index contributed by atoms with van der Waals surface area (Å²) in [5.41, 5.74) is 2.84. The second kappa shape index (κ2) is 7.97. The van der Waals surface area contributed by atoms with Gasteiger partial charge in [-0.15, -0.1) is 0 Å². The Hall–Kier alpha value is -2.62. The minimum atomic E-state index is -0.0425. The fourth-order valence-corrected chi connectivity index (χ4v) is 3.15. The van der Waals surface area contributed by atoms with Gasteiger partial charge in [-0.2, -0.15) is 0 Å². The van der Waals surface area contributed by atoms with Crippen molar-refractivity contribution in [2.75, 3.05) is 13.1 Å². The number of nitrogens with zero attached hydrogens (tertiary/aromatic N) is 2. The molecule has 0 spiro atoms. The molecule has 0 atom stereocenters. The van der Waals surface area contributed by atoms with Crippen molar-refractivity contribution in [2.45, 2.75) is 32.9 Å². The monoisotopic (exact) mass is 336 g/mol. The second-order valence-corrected chi connectivity index (χ2v) is 6.47. The molecule has 2 amide bonds. The molecule has 3 rings (SSSR count). The number of carbonyl (C=O) groups excluding carboxylic acids is 2. The highest BCUT2D eigenvalue weighted by Gasteiger charge is 2.29. The van der Waals surface area contributed by atoms with Crippen LogP contribution in [0.2, 0.25) is 0 Å². The van der Waals surface area contributed by atoms with Crippen LogP contribution in [-0.2, 0) is 17.9 Å². The number of fused-ring (bicyclic) bond motifs is 1. The SMILES string of the molecule is CCCCN(Cc1ccccc1)C(=O)CN1Cc2ccccc2C1=O. The molecule has 0 saturated heterocycles. The van der Waals surface area contributed by atoms with Crippen LogP contribution in [0.15, 0.2) is 54.6 Å². The maximum absolute atomic E-state index is 12.8. The first-order chi connectivity index (χ1) is 12.2. The van der Waals surface area contributed by atoms with E-state index >= 15 is 0 Å². The van der Waals surface area contributed by atoms with Crippen LogP contribution in [-0.4, -0.2) is 34.7 Å². The number of unbranched alkanes of at least 4 members (excludes halogenated alkanes) is 1. The van der Waals surface area contributed by atoms with E-state index in [0.29, 0.717) is 13.1 Å². The summed E-state index contributed by atoms with van der Waals surface area (Å²) < 4.78 is 0. The Morgan fingerprint density at radius 1 is 1.08 bits per heavy atom. The van der Waals surface area contributed by atoms with E-state index in [2.05, 4.69) is 6.92 Å². The van der Waals surface area contributed by atoms with Crippen molar-refractivity contribution < 1.29 is 9.59 Å². The Kier molecular flexibility index (Phi) is 5.49. The first-order valence-electron chi connectivity index (χ1n) is 8.88. The summed E-state index contributed by atoms with van der Waals surface area (Å²) in [5, 5.41) is 0. The minimum Gasteiger partial charge on any atom is -0.337 e. The first kappa shape index (κ1) is 17.2. The van der Waals surface area contributed by atoms with Crippen molar-refractivity contribution in [3.63, 3.8) is 0 Å². The first-order valence-corrected chi connectivity index (χ1v) is 8.88. The van der Waals surface area contributed by atoms with Gasteiger partial charge in [-0.1, -0.05) is 61.9 Å². The zero-order valence-corrected chi connectivity index (χ0v) is 14.6.